The van der Waals surface area contributed by atoms with Gasteiger partial charge in [0.05, 0.1) is 5.92 Å². The summed E-state index contributed by atoms with van der Waals surface area (Å²) in [5, 5.41) is 11.4. The van der Waals surface area contributed by atoms with E-state index in [0.717, 1.165) is 0 Å². The second kappa shape index (κ2) is 7.47. The fourth-order valence-corrected chi connectivity index (χ4v) is 1.70. The van der Waals surface area contributed by atoms with Gasteiger partial charge in [0.1, 0.15) is 5.82 Å². The van der Waals surface area contributed by atoms with Gasteiger partial charge in [-0.2, -0.15) is 0 Å². The lowest BCUT2D eigenvalue weighted by Gasteiger charge is -2.21. The molecule has 0 aliphatic carbocycles. The van der Waals surface area contributed by atoms with E-state index in [1.54, 1.807) is 19.9 Å². The molecule has 0 heterocycles. The maximum absolute atomic E-state index is 13.2. The zero-order valence-corrected chi connectivity index (χ0v) is 11.6. The third kappa shape index (κ3) is 4.53. The number of carbonyl (C=O) groups excluding carboxylic acids is 1. The zero-order valence-electron chi connectivity index (χ0n) is 11.6. The largest absolute Gasteiger partial charge is 0.481 e. The van der Waals surface area contributed by atoms with Crippen LogP contribution in [0.25, 0.3) is 0 Å². The number of benzene rings is 1. The molecule has 0 aromatic heterocycles. The van der Waals surface area contributed by atoms with Crippen molar-refractivity contribution >= 4 is 17.7 Å². The number of aliphatic carboxylic acids is 1. The minimum Gasteiger partial charge on any atom is -0.481 e. The second-order valence-electron chi connectivity index (χ2n) is 4.48. The summed E-state index contributed by atoms with van der Waals surface area (Å²) in [4.78, 5) is 24.0. The zero-order chi connectivity index (χ0) is 15.1. The molecule has 110 valence electrons. The number of rotatable bonds is 6. The Morgan fingerprint density at radius 1 is 1.45 bits per heavy atom. The molecule has 1 unspecified atom stereocenters. The van der Waals surface area contributed by atoms with E-state index in [-0.39, 0.29) is 12.6 Å². The first kappa shape index (κ1) is 15.9. The number of urea groups is 1. The van der Waals surface area contributed by atoms with Crippen molar-refractivity contribution < 1.29 is 19.1 Å². The maximum atomic E-state index is 13.2. The SMILES string of the molecule is CCN(C(=O)NCCC(C)C(=O)O)c1cccc(F)c1. The number of hydrogen-bond donors (Lipinski definition) is 2. The van der Waals surface area contributed by atoms with E-state index in [4.69, 9.17) is 5.11 Å². The summed E-state index contributed by atoms with van der Waals surface area (Å²) in [6.07, 6.45) is 0.349. The van der Waals surface area contributed by atoms with Crippen LogP contribution in [0.2, 0.25) is 0 Å². The van der Waals surface area contributed by atoms with E-state index in [2.05, 4.69) is 5.32 Å². The molecular weight excluding hydrogens is 263 g/mol. The van der Waals surface area contributed by atoms with Crippen molar-refractivity contribution in [2.24, 2.45) is 5.92 Å². The van der Waals surface area contributed by atoms with Gasteiger partial charge in [0.2, 0.25) is 0 Å². The quantitative estimate of drug-likeness (QED) is 0.842. The summed E-state index contributed by atoms with van der Waals surface area (Å²) in [7, 11) is 0. The molecule has 6 heteroatoms. The molecule has 1 rings (SSSR count). The Hall–Kier alpha value is -2.11. The van der Waals surface area contributed by atoms with Crippen LogP contribution >= 0.6 is 0 Å². The molecule has 0 spiro atoms. The predicted octanol–water partition coefficient (Wildman–Crippen LogP) is 2.47. The Morgan fingerprint density at radius 3 is 2.70 bits per heavy atom. The standard InChI is InChI=1S/C14H19FN2O3/c1-3-17(12-6-4-5-11(15)9-12)14(20)16-8-7-10(2)13(18)19/h4-6,9-10H,3,7-8H2,1-2H3,(H,16,20)(H,18,19). The minimum absolute atomic E-state index is 0.262. The van der Waals surface area contributed by atoms with E-state index < -0.39 is 17.7 Å². The van der Waals surface area contributed by atoms with Crippen molar-refractivity contribution in [1.82, 2.24) is 5.32 Å². The van der Waals surface area contributed by atoms with Crippen molar-refractivity contribution in [3.05, 3.63) is 30.1 Å². The first-order valence-corrected chi connectivity index (χ1v) is 6.49. The summed E-state index contributed by atoms with van der Waals surface area (Å²) in [6, 6.07) is 5.40. The van der Waals surface area contributed by atoms with Gasteiger partial charge in [-0.3, -0.25) is 9.69 Å². The molecule has 1 aromatic carbocycles. The molecule has 0 bridgehead atoms. The number of anilines is 1. The normalized spacial score (nSPS) is 11.8. The molecule has 2 N–H and O–H groups in total. The average molecular weight is 282 g/mol. The number of carboxylic acids is 1. The summed E-state index contributed by atoms with van der Waals surface area (Å²) in [6.45, 7) is 4.02. The van der Waals surface area contributed by atoms with Crippen LogP contribution in [0.1, 0.15) is 20.3 Å². The lowest BCUT2D eigenvalue weighted by Crippen LogP contribution is -2.41. The van der Waals surface area contributed by atoms with Crippen LogP contribution in [0.4, 0.5) is 14.9 Å². The van der Waals surface area contributed by atoms with Crippen molar-refractivity contribution in [1.29, 1.82) is 0 Å². The van der Waals surface area contributed by atoms with Crippen molar-refractivity contribution in [2.75, 3.05) is 18.0 Å². The van der Waals surface area contributed by atoms with Gasteiger partial charge >= 0.3 is 12.0 Å². The Bertz CT molecular complexity index is 479. The number of carbonyl (C=O) groups is 2. The number of amides is 2. The van der Waals surface area contributed by atoms with Crippen LogP contribution in [-0.4, -0.2) is 30.2 Å². The molecule has 0 aliphatic rings. The minimum atomic E-state index is -0.892. The summed E-state index contributed by atoms with van der Waals surface area (Å²) >= 11 is 0. The topological polar surface area (TPSA) is 69.6 Å². The van der Waals surface area contributed by atoms with Gasteiger partial charge in [-0.25, -0.2) is 9.18 Å². The van der Waals surface area contributed by atoms with E-state index in [1.807, 2.05) is 0 Å². The highest BCUT2D eigenvalue weighted by atomic mass is 19.1. The van der Waals surface area contributed by atoms with Crippen LogP contribution in [0.5, 0.6) is 0 Å². The Labute approximate surface area is 117 Å². The highest BCUT2D eigenvalue weighted by molar-refractivity contribution is 5.91. The molecule has 1 atom stereocenters. The second-order valence-corrected chi connectivity index (χ2v) is 4.48. The Kier molecular flexibility index (Phi) is 5.96. The van der Waals surface area contributed by atoms with Gasteiger partial charge in [0.25, 0.3) is 0 Å². The van der Waals surface area contributed by atoms with Crippen molar-refractivity contribution in [2.45, 2.75) is 20.3 Å². The van der Waals surface area contributed by atoms with Gasteiger partial charge < -0.3 is 10.4 Å². The number of nitrogens with one attached hydrogen (secondary N) is 1. The van der Waals surface area contributed by atoms with E-state index >= 15 is 0 Å². The summed E-state index contributed by atoms with van der Waals surface area (Å²) < 4.78 is 13.2. The lowest BCUT2D eigenvalue weighted by atomic mass is 10.1. The molecule has 2 amide bonds. The first-order chi connectivity index (χ1) is 9.45. The smallest absolute Gasteiger partial charge is 0.321 e. The van der Waals surface area contributed by atoms with Crippen LogP contribution < -0.4 is 10.2 Å². The molecule has 1 aromatic rings. The molecule has 5 nitrogen and oxygen atoms in total. The summed E-state index contributed by atoms with van der Waals surface area (Å²) in [5.41, 5.74) is 0.469. The van der Waals surface area contributed by atoms with Crippen LogP contribution in [0.3, 0.4) is 0 Å². The fraction of sp³-hybridized carbons (Fsp3) is 0.429. The van der Waals surface area contributed by atoms with Gasteiger partial charge in [-0.15, -0.1) is 0 Å². The number of halogens is 1. The number of carboxylic acid groups (broad SMARTS) is 1. The third-order valence-electron chi connectivity index (χ3n) is 2.96. The van der Waals surface area contributed by atoms with Crippen molar-refractivity contribution in [3.63, 3.8) is 0 Å². The fourth-order valence-electron chi connectivity index (χ4n) is 1.70. The third-order valence-corrected chi connectivity index (χ3v) is 2.96. The molecule has 0 fully saturated rings. The molecule has 20 heavy (non-hydrogen) atoms. The van der Waals surface area contributed by atoms with Gasteiger partial charge in [-0.1, -0.05) is 13.0 Å². The van der Waals surface area contributed by atoms with Crippen molar-refractivity contribution in [3.8, 4) is 0 Å². The number of nitrogens with zero attached hydrogens (tertiary/aromatic N) is 1. The molecule has 0 saturated heterocycles. The highest BCUT2D eigenvalue weighted by Gasteiger charge is 2.15. The monoisotopic (exact) mass is 282 g/mol. The average Bonchev–Trinajstić information content (AvgIpc) is 2.39. The summed E-state index contributed by atoms with van der Waals surface area (Å²) in [5.74, 6) is -1.82. The molecule has 0 aliphatic heterocycles. The highest BCUT2D eigenvalue weighted by Crippen LogP contribution is 2.15. The van der Waals surface area contributed by atoms with E-state index in [0.29, 0.717) is 18.7 Å². The molecular formula is C14H19FN2O3. The first-order valence-electron chi connectivity index (χ1n) is 6.49. The number of hydrogen-bond acceptors (Lipinski definition) is 2. The van der Waals surface area contributed by atoms with Gasteiger partial charge in [-0.05, 0) is 31.5 Å². The van der Waals surface area contributed by atoms with Gasteiger partial charge in [0.15, 0.2) is 0 Å². The van der Waals surface area contributed by atoms with Crippen LogP contribution in [-0.2, 0) is 4.79 Å². The lowest BCUT2D eigenvalue weighted by molar-refractivity contribution is -0.141. The van der Waals surface area contributed by atoms with E-state index in [1.165, 1.54) is 23.1 Å². The van der Waals surface area contributed by atoms with Crippen LogP contribution in [0, 0.1) is 11.7 Å². The Balaban J connectivity index is 2.58. The molecule has 0 radical (unpaired) electrons. The molecule has 0 saturated carbocycles. The Morgan fingerprint density at radius 2 is 2.15 bits per heavy atom. The van der Waals surface area contributed by atoms with Crippen LogP contribution in [0.15, 0.2) is 24.3 Å². The van der Waals surface area contributed by atoms with Gasteiger partial charge in [0, 0.05) is 18.8 Å². The maximum Gasteiger partial charge on any atom is 0.321 e. The van der Waals surface area contributed by atoms with E-state index in [9.17, 15) is 14.0 Å². The predicted molar refractivity (Wildman–Crippen MR) is 74.2 cm³/mol.